The van der Waals surface area contributed by atoms with Crippen LogP contribution in [-0.2, 0) is 6.42 Å². The van der Waals surface area contributed by atoms with E-state index in [0.717, 1.165) is 17.6 Å². The predicted molar refractivity (Wildman–Crippen MR) is 62.0 cm³/mol. The highest BCUT2D eigenvalue weighted by atomic mass is 16.4. The first kappa shape index (κ1) is 9.03. The fourth-order valence-corrected chi connectivity index (χ4v) is 1.88. The highest BCUT2D eigenvalue weighted by Crippen LogP contribution is 2.20. The van der Waals surface area contributed by atoms with Gasteiger partial charge in [-0.3, -0.25) is 0 Å². The Morgan fingerprint density at radius 3 is 3.00 bits per heavy atom. The second-order valence-electron chi connectivity index (χ2n) is 3.71. The molecule has 16 heavy (non-hydrogen) atoms. The smallest absolute Gasteiger partial charge is 0.292 e. The van der Waals surface area contributed by atoms with Crippen molar-refractivity contribution in [1.82, 2.24) is 9.97 Å². The van der Waals surface area contributed by atoms with Gasteiger partial charge < -0.3 is 15.1 Å². The van der Waals surface area contributed by atoms with E-state index in [-0.39, 0.29) is 6.01 Å². The van der Waals surface area contributed by atoms with Crippen molar-refractivity contribution in [3.05, 3.63) is 48.0 Å². The van der Waals surface area contributed by atoms with Crippen molar-refractivity contribution in [3.63, 3.8) is 0 Å². The highest BCUT2D eigenvalue weighted by molar-refractivity contribution is 5.83. The number of aromatic nitrogens is 2. The number of aromatic amines is 1. The summed E-state index contributed by atoms with van der Waals surface area (Å²) in [7, 11) is 0. The van der Waals surface area contributed by atoms with E-state index in [4.69, 9.17) is 10.2 Å². The van der Waals surface area contributed by atoms with Gasteiger partial charge in [0.05, 0.1) is 5.69 Å². The molecule has 80 valence electrons. The van der Waals surface area contributed by atoms with Crippen LogP contribution in [0, 0.1) is 0 Å². The summed E-state index contributed by atoms with van der Waals surface area (Å²) in [4.78, 5) is 7.32. The van der Waals surface area contributed by atoms with Crippen LogP contribution in [0.3, 0.4) is 0 Å². The van der Waals surface area contributed by atoms with E-state index >= 15 is 0 Å². The third kappa shape index (κ3) is 1.44. The molecule has 3 rings (SSSR count). The van der Waals surface area contributed by atoms with Gasteiger partial charge in [-0.15, -0.1) is 0 Å². The predicted octanol–water partition coefficient (Wildman–Crippen LogP) is 2.33. The monoisotopic (exact) mass is 213 g/mol. The molecule has 0 atom stereocenters. The number of H-pyrrole nitrogens is 1. The molecule has 3 N–H and O–H groups in total. The van der Waals surface area contributed by atoms with Crippen LogP contribution < -0.4 is 5.73 Å². The zero-order valence-electron chi connectivity index (χ0n) is 8.60. The van der Waals surface area contributed by atoms with E-state index < -0.39 is 0 Å². The van der Waals surface area contributed by atoms with Gasteiger partial charge in [0.15, 0.2) is 0 Å². The van der Waals surface area contributed by atoms with Gasteiger partial charge in [0.2, 0.25) is 0 Å². The first-order chi connectivity index (χ1) is 7.83. The molecule has 0 unspecified atom stereocenters. The van der Waals surface area contributed by atoms with Crippen LogP contribution in [0.4, 0.5) is 6.01 Å². The molecule has 0 bridgehead atoms. The zero-order chi connectivity index (χ0) is 11.0. The summed E-state index contributed by atoms with van der Waals surface area (Å²) in [5.41, 5.74) is 8.62. The van der Waals surface area contributed by atoms with Gasteiger partial charge in [-0.2, -0.15) is 4.98 Å². The third-order valence-corrected chi connectivity index (χ3v) is 2.62. The number of hydrogen-bond donors (Lipinski definition) is 2. The maximum absolute atomic E-state index is 5.43. The number of nitrogens with zero attached hydrogens (tertiary/aromatic N) is 1. The largest absolute Gasteiger partial charge is 0.432 e. The SMILES string of the molecule is Nc1nc(Cc2c[nH]c3ccccc23)co1. The van der Waals surface area contributed by atoms with Crippen LogP contribution in [0.25, 0.3) is 10.9 Å². The molecule has 0 saturated carbocycles. The number of nitrogen functional groups attached to an aromatic ring is 1. The zero-order valence-corrected chi connectivity index (χ0v) is 8.60. The van der Waals surface area contributed by atoms with Gasteiger partial charge in [0.1, 0.15) is 6.26 Å². The minimum absolute atomic E-state index is 0.217. The van der Waals surface area contributed by atoms with Gasteiger partial charge >= 0.3 is 0 Å². The van der Waals surface area contributed by atoms with E-state index in [2.05, 4.69) is 22.1 Å². The van der Waals surface area contributed by atoms with E-state index in [0.29, 0.717) is 0 Å². The molecule has 0 fully saturated rings. The van der Waals surface area contributed by atoms with Gasteiger partial charge in [0.25, 0.3) is 6.01 Å². The van der Waals surface area contributed by atoms with E-state index in [1.165, 1.54) is 10.9 Å². The van der Waals surface area contributed by atoms with Crippen LogP contribution in [-0.4, -0.2) is 9.97 Å². The topological polar surface area (TPSA) is 67.8 Å². The molecule has 2 aromatic heterocycles. The molecule has 2 heterocycles. The maximum atomic E-state index is 5.43. The Morgan fingerprint density at radius 2 is 2.19 bits per heavy atom. The summed E-state index contributed by atoms with van der Waals surface area (Å²) >= 11 is 0. The third-order valence-electron chi connectivity index (χ3n) is 2.62. The van der Waals surface area contributed by atoms with Gasteiger partial charge in [0, 0.05) is 23.5 Å². The molecule has 0 spiro atoms. The molecule has 0 aliphatic heterocycles. The Balaban J connectivity index is 2.00. The maximum Gasteiger partial charge on any atom is 0.292 e. The molecule has 0 radical (unpaired) electrons. The Labute approximate surface area is 92.1 Å². The van der Waals surface area contributed by atoms with Crippen LogP contribution >= 0.6 is 0 Å². The summed E-state index contributed by atoms with van der Waals surface area (Å²) in [6.07, 6.45) is 4.32. The highest BCUT2D eigenvalue weighted by Gasteiger charge is 2.06. The molecule has 3 aromatic rings. The standard InChI is InChI=1S/C12H11N3O/c13-12-15-9(7-16-12)5-8-6-14-11-4-2-1-3-10(8)11/h1-4,6-7,14H,5H2,(H2,13,15). The number of nitrogens with two attached hydrogens (primary N) is 1. The fourth-order valence-electron chi connectivity index (χ4n) is 1.88. The summed E-state index contributed by atoms with van der Waals surface area (Å²) in [6.45, 7) is 0. The van der Waals surface area contributed by atoms with E-state index in [1.807, 2.05) is 18.3 Å². The fraction of sp³-hybridized carbons (Fsp3) is 0.0833. The first-order valence-electron chi connectivity index (χ1n) is 5.08. The Hall–Kier alpha value is -2.23. The molecule has 0 amide bonds. The molecular formula is C12H11N3O. The molecule has 4 heteroatoms. The molecular weight excluding hydrogens is 202 g/mol. The lowest BCUT2D eigenvalue weighted by Gasteiger charge is -1.94. The second-order valence-corrected chi connectivity index (χ2v) is 3.71. The number of rotatable bonds is 2. The number of fused-ring (bicyclic) bond motifs is 1. The number of nitrogens with one attached hydrogen (secondary N) is 1. The van der Waals surface area contributed by atoms with Crippen LogP contribution in [0.5, 0.6) is 0 Å². The quantitative estimate of drug-likeness (QED) is 0.686. The Morgan fingerprint density at radius 1 is 1.31 bits per heavy atom. The Kier molecular flexibility index (Phi) is 1.93. The van der Waals surface area contributed by atoms with E-state index in [1.54, 1.807) is 6.26 Å². The van der Waals surface area contributed by atoms with Crippen molar-refractivity contribution >= 4 is 16.9 Å². The molecule has 0 aliphatic carbocycles. The minimum Gasteiger partial charge on any atom is -0.432 e. The van der Waals surface area contributed by atoms with Gasteiger partial charge in [-0.1, -0.05) is 18.2 Å². The van der Waals surface area contributed by atoms with Crippen molar-refractivity contribution < 1.29 is 4.42 Å². The first-order valence-corrected chi connectivity index (χ1v) is 5.08. The molecule has 0 saturated heterocycles. The van der Waals surface area contributed by atoms with Crippen LogP contribution in [0.1, 0.15) is 11.3 Å². The lowest BCUT2D eigenvalue weighted by Crippen LogP contribution is -1.88. The normalized spacial score (nSPS) is 11.0. The number of hydrogen-bond acceptors (Lipinski definition) is 3. The number of oxazole rings is 1. The van der Waals surface area contributed by atoms with Crippen molar-refractivity contribution in [3.8, 4) is 0 Å². The van der Waals surface area contributed by atoms with Crippen LogP contribution in [0.15, 0.2) is 41.1 Å². The Bertz CT molecular complexity index is 624. The summed E-state index contributed by atoms with van der Waals surface area (Å²) in [6, 6.07) is 8.39. The number of anilines is 1. The van der Waals surface area contributed by atoms with Crippen molar-refractivity contribution in [1.29, 1.82) is 0 Å². The summed E-state index contributed by atoms with van der Waals surface area (Å²) < 4.78 is 4.98. The minimum atomic E-state index is 0.217. The number of para-hydroxylation sites is 1. The molecule has 1 aromatic carbocycles. The summed E-state index contributed by atoms with van der Waals surface area (Å²) in [5, 5.41) is 1.21. The summed E-state index contributed by atoms with van der Waals surface area (Å²) in [5.74, 6) is 0. The van der Waals surface area contributed by atoms with Crippen molar-refractivity contribution in [2.45, 2.75) is 6.42 Å². The lowest BCUT2D eigenvalue weighted by molar-refractivity contribution is 0.579. The van der Waals surface area contributed by atoms with Gasteiger partial charge in [-0.05, 0) is 11.6 Å². The van der Waals surface area contributed by atoms with Crippen LogP contribution in [0.2, 0.25) is 0 Å². The average molecular weight is 213 g/mol. The molecule has 4 nitrogen and oxygen atoms in total. The number of benzene rings is 1. The van der Waals surface area contributed by atoms with Crippen molar-refractivity contribution in [2.24, 2.45) is 0 Å². The second kappa shape index (κ2) is 3.41. The van der Waals surface area contributed by atoms with E-state index in [9.17, 15) is 0 Å². The van der Waals surface area contributed by atoms with Crippen molar-refractivity contribution in [2.75, 3.05) is 5.73 Å². The van der Waals surface area contributed by atoms with Gasteiger partial charge in [-0.25, -0.2) is 0 Å². The molecule has 0 aliphatic rings. The average Bonchev–Trinajstić information content (AvgIpc) is 2.87. The lowest BCUT2D eigenvalue weighted by atomic mass is 10.1.